The van der Waals surface area contributed by atoms with Gasteiger partial charge in [0.25, 0.3) is 11.7 Å². The Morgan fingerprint density at radius 1 is 1.03 bits per heavy atom. The van der Waals surface area contributed by atoms with Crippen molar-refractivity contribution in [2.45, 2.75) is 58.1 Å². The number of benzene rings is 3. The molecule has 3 aromatic carbocycles. The van der Waals surface area contributed by atoms with Crippen LogP contribution in [0.1, 0.15) is 61.4 Å². The van der Waals surface area contributed by atoms with Crippen molar-refractivity contribution in [1.82, 2.24) is 4.90 Å². The molecule has 0 radical (unpaired) electrons. The third-order valence-corrected chi connectivity index (χ3v) is 7.41. The molecule has 202 valence electrons. The number of ketones is 1. The van der Waals surface area contributed by atoms with Crippen molar-refractivity contribution in [1.29, 1.82) is 0 Å². The van der Waals surface area contributed by atoms with Gasteiger partial charge in [0.15, 0.2) is 0 Å². The lowest BCUT2D eigenvalue weighted by Crippen LogP contribution is -2.31. The van der Waals surface area contributed by atoms with Gasteiger partial charge in [-0.1, -0.05) is 62.2 Å². The third kappa shape index (κ3) is 5.70. The topological polar surface area (TPSA) is 76.1 Å². The van der Waals surface area contributed by atoms with E-state index in [-0.39, 0.29) is 17.4 Å². The molecular formula is C33H35NO5. The third-order valence-electron chi connectivity index (χ3n) is 7.41. The summed E-state index contributed by atoms with van der Waals surface area (Å²) in [5, 5.41) is 11.5. The number of nitrogens with zero attached hydrogens (tertiary/aromatic N) is 1. The highest BCUT2D eigenvalue weighted by Crippen LogP contribution is 2.41. The van der Waals surface area contributed by atoms with Crippen LogP contribution >= 0.6 is 0 Å². The Morgan fingerprint density at radius 3 is 2.54 bits per heavy atom. The van der Waals surface area contributed by atoms with E-state index < -0.39 is 17.7 Å². The number of Topliss-reactive ketones (excluding diaryl/α,β-unsaturated/α-hetero) is 1. The Balaban J connectivity index is 1.49. The quantitative estimate of drug-likeness (QED) is 0.147. The number of carbonyl (C=O) groups excluding carboxylic acids is 2. The number of aliphatic hydroxyl groups excluding tert-OH is 1. The number of fused-ring (bicyclic) bond motifs is 1. The Hall–Kier alpha value is -4.06. The molecule has 0 aliphatic carbocycles. The van der Waals surface area contributed by atoms with E-state index >= 15 is 0 Å². The summed E-state index contributed by atoms with van der Waals surface area (Å²) in [5.74, 6) is 0.0890. The van der Waals surface area contributed by atoms with E-state index in [4.69, 9.17) is 9.47 Å². The number of carbonyl (C=O) groups is 2. The molecule has 0 unspecified atom stereocenters. The van der Waals surface area contributed by atoms with Crippen molar-refractivity contribution in [3.63, 3.8) is 0 Å². The van der Waals surface area contributed by atoms with Gasteiger partial charge in [0.05, 0.1) is 18.2 Å². The normalized spacial score (nSPS) is 19.7. The minimum absolute atomic E-state index is 0.0590. The van der Waals surface area contributed by atoms with Crippen molar-refractivity contribution in [2.75, 3.05) is 13.2 Å². The summed E-state index contributed by atoms with van der Waals surface area (Å²) in [7, 11) is 0. The monoisotopic (exact) mass is 525 g/mol. The molecule has 1 fully saturated rings. The van der Waals surface area contributed by atoms with E-state index in [0.717, 1.165) is 53.9 Å². The lowest BCUT2D eigenvalue weighted by molar-refractivity contribution is -0.139. The first-order valence-electron chi connectivity index (χ1n) is 13.8. The maximum absolute atomic E-state index is 13.4. The molecule has 5 rings (SSSR count). The Bertz CT molecular complexity index is 1360. The zero-order chi connectivity index (χ0) is 27.4. The highest BCUT2D eigenvalue weighted by atomic mass is 16.5. The average molecular weight is 526 g/mol. The molecule has 1 amide bonds. The number of hydrogen-bond acceptors (Lipinski definition) is 5. The van der Waals surface area contributed by atoms with Gasteiger partial charge < -0.3 is 19.5 Å². The largest absolute Gasteiger partial charge is 0.507 e. The van der Waals surface area contributed by atoms with E-state index in [9.17, 15) is 14.7 Å². The molecule has 0 aromatic heterocycles. The van der Waals surface area contributed by atoms with E-state index in [2.05, 4.69) is 6.92 Å². The fraction of sp³-hybridized carbons (Fsp3) is 0.333. The average Bonchev–Trinajstić information content (AvgIpc) is 3.45. The molecule has 6 heteroatoms. The van der Waals surface area contributed by atoms with Gasteiger partial charge in [-0.25, -0.2) is 0 Å². The molecule has 2 atom stereocenters. The molecule has 1 saturated heterocycles. The first-order valence-corrected chi connectivity index (χ1v) is 13.8. The zero-order valence-corrected chi connectivity index (χ0v) is 22.6. The minimum atomic E-state index is -0.703. The Labute approximate surface area is 229 Å². The van der Waals surface area contributed by atoms with Crippen molar-refractivity contribution in [2.24, 2.45) is 0 Å². The minimum Gasteiger partial charge on any atom is -0.507 e. The number of likely N-dealkylation sites (tertiary alicyclic amines) is 1. The standard InChI is InChI=1S/C33H35NO5/c1-3-4-8-19-38-27-14-11-24(12-15-27)30-29(31(35)25-13-16-28-26(21-25)20-22(2)39-28)32(36)33(37)34(30)18-17-23-9-6-5-7-10-23/h5-7,9-16,21-22,30,35H,3-4,8,17-20H2,1-2H3/b31-29+/t22-,30+/m1/s1. The van der Waals surface area contributed by atoms with Gasteiger partial charge in [-0.15, -0.1) is 0 Å². The predicted octanol–water partition coefficient (Wildman–Crippen LogP) is 6.24. The number of rotatable bonds is 10. The van der Waals surface area contributed by atoms with E-state index in [0.29, 0.717) is 25.1 Å². The number of unbranched alkanes of at least 4 members (excludes halogenated alkanes) is 2. The van der Waals surface area contributed by atoms with E-state index in [1.165, 1.54) is 0 Å². The van der Waals surface area contributed by atoms with Crippen LogP contribution in [0.15, 0.2) is 78.4 Å². The molecular weight excluding hydrogens is 490 g/mol. The van der Waals surface area contributed by atoms with Crippen LogP contribution < -0.4 is 9.47 Å². The summed E-state index contributed by atoms with van der Waals surface area (Å²) in [5.41, 5.74) is 3.42. The van der Waals surface area contributed by atoms with Gasteiger partial charge in [0, 0.05) is 18.5 Å². The maximum atomic E-state index is 13.4. The highest BCUT2D eigenvalue weighted by molar-refractivity contribution is 6.46. The maximum Gasteiger partial charge on any atom is 0.295 e. The SMILES string of the molecule is CCCCCOc1ccc([C@H]2/C(=C(\O)c3ccc4c(c3)C[C@@H](C)O4)C(=O)C(=O)N2CCc2ccccc2)cc1. The molecule has 1 N–H and O–H groups in total. The van der Waals surface area contributed by atoms with Crippen LogP contribution in [0.4, 0.5) is 0 Å². The van der Waals surface area contributed by atoms with Gasteiger partial charge in [-0.05, 0) is 66.8 Å². The van der Waals surface area contributed by atoms with Gasteiger partial charge >= 0.3 is 0 Å². The van der Waals surface area contributed by atoms with Crippen LogP contribution in [0.25, 0.3) is 5.76 Å². The zero-order valence-electron chi connectivity index (χ0n) is 22.6. The number of aliphatic hydroxyl groups is 1. The van der Waals surface area contributed by atoms with Gasteiger partial charge in [0.2, 0.25) is 0 Å². The van der Waals surface area contributed by atoms with Crippen molar-refractivity contribution in [3.05, 3.63) is 101 Å². The highest BCUT2D eigenvalue weighted by Gasteiger charge is 2.46. The molecule has 3 aromatic rings. The van der Waals surface area contributed by atoms with Crippen LogP contribution in [-0.4, -0.2) is 41.0 Å². The van der Waals surface area contributed by atoms with Crippen molar-refractivity contribution >= 4 is 17.4 Å². The van der Waals surface area contributed by atoms with Crippen LogP contribution in [0, 0.1) is 0 Å². The van der Waals surface area contributed by atoms with Crippen LogP contribution in [0.2, 0.25) is 0 Å². The summed E-state index contributed by atoms with van der Waals surface area (Å²) >= 11 is 0. The fourth-order valence-electron chi connectivity index (χ4n) is 5.36. The van der Waals surface area contributed by atoms with E-state index in [1.807, 2.05) is 73.7 Å². The molecule has 0 spiro atoms. The Kier molecular flexibility index (Phi) is 8.01. The molecule has 2 aliphatic heterocycles. The lowest BCUT2D eigenvalue weighted by Gasteiger charge is -2.25. The molecule has 0 saturated carbocycles. The predicted molar refractivity (Wildman–Crippen MR) is 151 cm³/mol. The number of ether oxygens (including phenoxy) is 2. The summed E-state index contributed by atoms with van der Waals surface area (Å²) < 4.78 is 11.7. The molecule has 2 aliphatic rings. The van der Waals surface area contributed by atoms with Gasteiger partial charge in [0.1, 0.15) is 23.4 Å². The number of hydrogen-bond donors (Lipinski definition) is 1. The van der Waals surface area contributed by atoms with Crippen LogP contribution in [0.3, 0.4) is 0 Å². The van der Waals surface area contributed by atoms with E-state index in [1.54, 1.807) is 11.0 Å². The first-order chi connectivity index (χ1) is 19.0. The molecule has 2 heterocycles. The summed E-state index contributed by atoms with van der Waals surface area (Å²) in [6.45, 7) is 5.14. The van der Waals surface area contributed by atoms with Crippen LogP contribution in [0.5, 0.6) is 11.5 Å². The van der Waals surface area contributed by atoms with Crippen molar-refractivity contribution < 1.29 is 24.2 Å². The van der Waals surface area contributed by atoms with Gasteiger partial charge in [-0.3, -0.25) is 9.59 Å². The summed E-state index contributed by atoms with van der Waals surface area (Å²) in [6, 6.07) is 22.1. The summed E-state index contributed by atoms with van der Waals surface area (Å²) in [6.07, 6.45) is 4.61. The first kappa shape index (κ1) is 26.5. The smallest absolute Gasteiger partial charge is 0.295 e. The fourth-order valence-corrected chi connectivity index (χ4v) is 5.36. The second-order valence-corrected chi connectivity index (χ2v) is 10.3. The van der Waals surface area contributed by atoms with Crippen molar-refractivity contribution in [3.8, 4) is 11.5 Å². The number of amides is 1. The summed E-state index contributed by atoms with van der Waals surface area (Å²) in [4.78, 5) is 28.3. The van der Waals surface area contributed by atoms with Crippen LogP contribution in [-0.2, 0) is 22.4 Å². The molecule has 6 nitrogen and oxygen atoms in total. The lowest BCUT2D eigenvalue weighted by atomic mass is 9.94. The second-order valence-electron chi connectivity index (χ2n) is 10.3. The second kappa shape index (κ2) is 11.8. The molecule has 0 bridgehead atoms. The molecule has 39 heavy (non-hydrogen) atoms. The Morgan fingerprint density at radius 2 is 1.79 bits per heavy atom. The van der Waals surface area contributed by atoms with Gasteiger partial charge in [-0.2, -0.15) is 0 Å².